The Morgan fingerprint density at radius 3 is 2.94 bits per heavy atom. The molecule has 2 rings (SSSR count). The van der Waals surface area contributed by atoms with Gasteiger partial charge in [0.15, 0.2) is 12.7 Å². The van der Waals surface area contributed by atoms with E-state index in [1.807, 2.05) is 0 Å². The topological polar surface area (TPSA) is 98.9 Å². The molecule has 1 heterocycles. The molecule has 1 aromatic carbocycles. The standard InChI is InChI=1S/C11H11NO5/c12-10(13)5-16-7-2-1-6-3-9(11(14)15)17-8(6)4-7/h1-2,4,9H,3,5H2,(H2,12,13)(H,14,15). The van der Waals surface area contributed by atoms with Crippen LogP contribution in [0.1, 0.15) is 5.56 Å². The van der Waals surface area contributed by atoms with Crippen LogP contribution in [-0.4, -0.2) is 29.7 Å². The second-order valence-corrected chi connectivity index (χ2v) is 3.67. The molecule has 6 heteroatoms. The number of amides is 1. The molecule has 0 aliphatic carbocycles. The lowest BCUT2D eigenvalue weighted by Crippen LogP contribution is -2.24. The number of nitrogens with two attached hydrogens (primary N) is 1. The van der Waals surface area contributed by atoms with Crippen LogP contribution >= 0.6 is 0 Å². The van der Waals surface area contributed by atoms with Gasteiger partial charge in [0.25, 0.3) is 5.91 Å². The van der Waals surface area contributed by atoms with E-state index in [0.29, 0.717) is 17.9 Å². The van der Waals surface area contributed by atoms with Crippen molar-refractivity contribution < 1.29 is 24.2 Å². The van der Waals surface area contributed by atoms with Crippen LogP contribution in [0, 0.1) is 0 Å². The maximum atomic E-state index is 10.8. The molecule has 0 fully saturated rings. The molecule has 1 aliphatic rings. The number of ether oxygens (including phenoxy) is 2. The molecule has 0 spiro atoms. The minimum atomic E-state index is -0.999. The summed E-state index contributed by atoms with van der Waals surface area (Å²) in [6.45, 7) is -0.221. The third kappa shape index (κ3) is 2.47. The zero-order valence-electron chi connectivity index (χ0n) is 8.88. The van der Waals surface area contributed by atoms with Crippen LogP contribution in [0.3, 0.4) is 0 Å². The fourth-order valence-electron chi connectivity index (χ4n) is 1.59. The number of carbonyl (C=O) groups excluding carboxylic acids is 1. The number of hydrogen-bond acceptors (Lipinski definition) is 4. The average molecular weight is 237 g/mol. The summed E-state index contributed by atoms with van der Waals surface area (Å²) >= 11 is 0. The molecule has 0 radical (unpaired) electrons. The quantitative estimate of drug-likeness (QED) is 0.764. The summed E-state index contributed by atoms with van der Waals surface area (Å²) < 4.78 is 10.3. The number of benzene rings is 1. The summed E-state index contributed by atoms with van der Waals surface area (Å²) in [6, 6.07) is 4.92. The third-order valence-electron chi connectivity index (χ3n) is 2.37. The minimum Gasteiger partial charge on any atom is -0.484 e. The van der Waals surface area contributed by atoms with E-state index in [1.54, 1.807) is 18.2 Å². The van der Waals surface area contributed by atoms with Gasteiger partial charge in [-0.2, -0.15) is 0 Å². The van der Waals surface area contributed by atoms with Gasteiger partial charge in [0, 0.05) is 12.5 Å². The molecule has 1 aliphatic heterocycles. The number of primary amides is 1. The molecule has 1 aromatic rings. The van der Waals surface area contributed by atoms with E-state index in [9.17, 15) is 9.59 Å². The summed E-state index contributed by atoms with van der Waals surface area (Å²) in [5.41, 5.74) is 5.75. The zero-order valence-corrected chi connectivity index (χ0v) is 8.88. The smallest absolute Gasteiger partial charge is 0.345 e. The molecule has 6 nitrogen and oxygen atoms in total. The second kappa shape index (κ2) is 4.32. The Balaban J connectivity index is 2.09. The van der Waals surface area contributed by atoms with Gasteiger partial charge in [-0.25, -0.2) is 4.79 Å². The predicted molar refractivity (Wildman–Crippen MR) is 56.9 cm³/mol. The van der Waals surface area contributed by atoms with Crippen molar-refractivity contribution in [2.45, 2.75) is 12.5 Å². The fraction of sp³-hybridized carbons (Fsp3) is 0.273. The highest BCUT2D eigenvalue weighted by Gasteiger charge is 2.28. The van der Waals surface area contributed by atoms with Crippen LogP contribution in [0.15, 0.2) is 18.2 Å². The highest BCUT2D eigenvalue weighted by atomic mass is 16.5. The van der Waals surface area contributed by atoms with Crippen LogP contribution in [0.2, 0.25) is 0 Å². The summed E-state index contributed by atoms with van der Waals surface area (Å²) in [7, 11) is 0. The molecule has 1 unspecified atom stereocenters. The number of carbonyl (C=O) groups is 2. The molecule has 0 bridgehead atoms. The largest absolute Gasteiger partial charge is 0.484 e. The first kappa shape index (κ1) is 11.3. The summed E-state index contributed by atoms with van der Waals surface area (Å²) in [6.07, 6.45) is -0.516. The zero-order chi connectivity index (χ0) is 12.4. The van der Waals surface area contributed by atoms with Gasteiger partial charge in [-0.3, -0.25) is 4.79 Å². The highest BCUT2D eigenvalue weighted by molar-refractivity contribution is 5.76. The number of hydrogen-bond donors (Lipinski definition) is 2. The second-order valence-electron chi connectivity index (χ2n) is 3.67. The van der Waals surface area contributed by atoms with Gasteiger partial charge in [-0.15, -0.1) is 0 Å². The van der Waals surface area contributed by atoms with Crippen LogP contribution in [0.25, 0.3) is 0 Å². The van der Waals surface area contributed by atoms with Gasteiger partial charge in [-0.05, 0) is 11.6 Å². The van der Waals surface area contributed by atoms with Crippen molar-refractivity contribution in [1.29, 1.82) is 0 Å². The molecule has 1 amide bonds. The molecule has 0 saturated heterocycles. The third-order valence-corrected chi connectivity index (χ3v) is 2.37. The molecular weight excluding hydrogens is 226 g/mol. The van der Waals surface area contributed by atoms with Gasteiger partial charge in [0.05, 0.1) is 0 Å². The van der Waals surface area contributed by atoms with Gasteiger partial charge >= 0.3 is 5.97 Å². The van der Waals surface area contributed by atoms with Gasteiger partial charge in [-0.1, -0.05) is 6.07 Å². The highest BCUT2D eigenvalue weighted by Crippen LogP contribution is 2.32. The summed E-state index contributed by atoms with van der Waals surface area (Å²) in [5.74, 6) is -0.677. The fourth-order valence-corrected chi connectivity index (χ4v) is 1.59. The molecule has 90 valence electrons. The number of rotatable bonds is 4. The number of aliphatic carboxylic acids is 1. The van der Waals surface area contributed by atoms with Crippen molar-refractivity contribution in [3.63, 3.8) is 0 Å². The Bertz CT molecular complexity index is 471. The van der Waals surface area contributed by atoms with E-state index in [-0.39, 0.29) is 6.61 Å². The van der Waals surface area contributed by atoms with Crippen molar-refractivity contribution in [1.82, 2.24) is 0 Å². The van der Waals surface area contributed by atoms with Crippen molar-refractivity contribution in [2.75, 3.05) is 6.61 Å². The minimum absolute atomic E-state index is 0.221. The molecule has 0 saturated carbocycles. The lowest BCUT2D eigenvalue weighted by Gasteiger charge is -2.06. The predicted octanol–water partition coefficient (Wildman–Crippen LogP) is -0.0612. The first-order valence-corrected chi connectivity index (χ1v) is 5.00. The Kier molecular flexibility index (Phi) is 2.86. The Labute approximate surface area is 96.9 Å². The Morgan fingerprint density at radius 1 is 1.53 bits per heavy atom. The first-order chi connectivity index (χ1) is 8.06. The number of carboxylic acid groups (broad SMARTS) is 1. The number of fused-ring (bicyclic) bond motifs is 1. The van der Waals surface area contributed by atoms with Crippen molar-refractivity contribution in [2.24, 2.45) is 5.73 Å². The van der Waals surface area contributed by atoms with Gasteiger partial charge in [0.1, 0.15) is 11.5 Å². The van der Waals surface area contributed by atoms with Crippen molar-refractivity contribution >= 4 is 11.9 Å². The van der Waals surface area contributed by atoms with Crippen molar-refractivity contribution in [3.05, 3.63) is 23.8 Å². The Hall–Kier alpha value is -2.24. The summed E-state index contributed by atoms with van der Waals surface area (Å²) in [5, 5.41) is 8.81. The van der Waals surface area contributed by atoms with Crippen LogP contribution in [0.5, 0.6) is 11.5 Å². The maximum Gasteiger partial charge on any atom is 0.345 e. The molecule has 17 heavy (non-hydrogen) atoms. The van der Waals surface area contributed by atoms with Crippen LogP contribution in [-0.2, 0) is 16.0 Å². The van der Waals surface area contributed by atoms with Gasteiger partial charge < -0.3 is 20.3 Å². The molecule has 1 atom stereocenters. The molecular formula is C11H11NO5. The number of carboxylic acids is 1. The van der Waals surface area contributed by atoms with E-state index in [1.165, 1.54) is 0 Å². The van der Waals surface area contributed by atoms with Crippen LogP contribution < -0.4 is 15.2 Å². The van der Waals surface area contributed by atoms with Crippen molar-refractivity contribution in [3.8, 4) is 11.5 Å². The van der Waals surface area contributed by atoms with Gasteiger partial charge in [0.2, 0.25) is 0 Å². The maximum absolute atomic E-state index is 10.8. The van der Waals surface area contributed by atoms with E-state index < -0.39 is 18.0 Å². The normalized spacial score (nSPS) is 17.1. The lowest BCUT2D eigenvalue weighted by atomic mass is 10.1. The SMILES string of the molecule is NC(=O)COc1ccc2c(c1)OC(C(=O)O)C2. The first-order valence-electron chi connectivity index (χ1n) is 5.00. The lowest BCUT2D eigenvalue weighted by molar-refractivity contribution is -0.144. The van der Waals surface area contributed by atoms with E-state index in [2.05, 4.69) is 0 Å². The molecule has 3 N–H and O–H groups in total. The van der Waals surface area contributed by atoms with E-state index in [4.69, 9.17) is 20.3 Å². The Morgan fingerprint density at radius 2 is 2.29 bits per heavy atom. The monoisotopic (exact) mass is 237 g/mol. The summed E-state index contributed by atoms with van der Waals surface area (Å²) in [4.78, 5) is 21.3. The van der Waals surface area contributed by atoms with Crippen LogP contribution in [0.4, 0.5) is 0 Å². The molecule has 0 aromatic heterocycles. The van der Waals surface area contributed by atoms with E-state index >= 15 is 0 Å². The average Bonchev–Trinajstić information content (AvgIpc) is 2.69. The van der Waals surface area contributed by atoms with E-state index in [0.717, 1.165) is 5.56 Å².